The molecule has 3 aliphatic rings. The summed E-state index contributed by atoms with van der Waals surface area (Å²) < 4.78 is 12.4. The van der Waals surface area contributed by atoms with Crippen LogP contribution in [0, 0.1) is 11.8 Å². The number of carbonyl (C=O) groups excluding carboxylic acids is 3. The van der Waals surface area contributed by atoms with Crippen LogP contribution in [-0.4, -0.2) is 75.7 Å². The summed E-state index contributed by atoms with van der Waals surface area (Å²) in [5, 5.41) is 10.7. The number of hydrogen-bond acceptors (Lipinski definition) is 6. The number of carbonyl (C=O) groups is 3. The summed E-state index contributed by atoms with van der Waals surface area (Å²) in [4.78, 5) is 46.1. The molecule has 3 heterocycles. The van der Waals surface area contributed by atoms with Gasteiger partial charge in [0, 0.05) is 13.1 Å². The highest BCUT2D eigenvalue weighted by Crippen LogP contribution is 2.65. The fraction of sp³-hybridized carbons (Fsp3) is 0.441. The van der Waals surface area contributed by atoms with Crippen LogP contribution in [0.25, 0.3) is 0 Å². The zero-order valence-corrected chi connectivity index (χ0v) is 24.2. The van der Waals surface area contributed by atoms with E-state index in [0.29, 0.717) is 32.2 Å². The monoisotopic (exact) mass is 572 g/mol. The largest absolute Gasteiger partial charge is 0.461 e. The van der Waals surface area contributed by atoms with Gasteiger partial charge in [0.15, 0.2) is 0 Å². The number of fused-ring (bicyclic) bond motifs is 1. The van der Waals surface area contributed by atoms with E-state index in [1.54, 1.807) is 11.0 Å². The standard InChI is InChI=1S/C34H40N2O6/c1-4-19-35(22-25-15-11-8-12-16-25)31(39)29-34-18-17-33(6-3,42-34)28(32(40)41-20-5-2)27(34)30(38)36(29)26(23-37)21-24-13-9-7-10-14-24/h4-5,7-16,26-29,37H,1-2,6,17-23H2,3H3/t26-,27+,28-,29?,33+,34?/m1/s1. The van der Waals surface area contributed by atoms with Crippen molar-refractivity contribution in [1.82, 2.24) is 9.80 Å². The van der Waals surface area contributed by atoms with Gasteiger partial charge in [0.05, 0.1) is 24.2 Å². The Balaban J connectivity index is 1.60. The molecule has 0 radical (unpaired) electrons. The summed E-state index contributed by atoms with van der Waals surface area (Å²) >= 11 is 0. The van der Waals surface area contributed by atoms with E-state index >= 15 is 0 Å². The van der Waals surface area contributed by atoms with Gasteiger partial charge < -0.3 is 24.4 Å². The molecule has 42 heavy (non-hydrogen) atoms. The number of aliphatic hydroxyl groups excluding tert-OH is 1. The summed E-state index contributed by atoms with van der Waals surface area (Å²) in [6.07, 6.45) is 4.99. The van der Waals surface area contributed by atoms with E-state index in [1.165, 1.54) is 11.0 Å². The average Bonchev–Trinajstić information content (AvgIpc) is 3.62. The number of hydrogen-bond donors (Lipinski definition) is 1. The second kappa shape index (κ2) is 12.2. The van der Waals surface area contributed by atoms with Crippen LogP contribution in [0.5, 0.6) is 0 Å². The van der Waals surface area contributed by atoms with E-state index in [2.05, 4.69) is 13.2 Å². The molecule has 8 heteroatoms. The fourth-order valence-electron chi connectivity index (χ4n) is 7.42. The van der Waals surface area contributed by atoms with Gasteiger partial charge in [0.1, 0.15) is 24.2 Å². The van der Waals surface area contributed by atoms with Crippen LogP contribution < -0.4 is 0 Å². The molecule has 6 atom stereocenters. The van der Waals surface area contributed by atoms with Crippen molar-refractivity contribution in [1.29, 1.82) is 0 Å². The SMILES string of the molecule is C=CCOC(=O)[C@H]1[C@H]2C(=O)N([C@@H](CO)Cc3ccccc3)C(C(=O)N(CC=C)Cc3ccccc3)C23CC[C@]1(CC)O3. The first kappa shape index (κ1) is 29.7. The van der Waals surface area contributed by atoms with Gasteiger partial charge in [-0.25, -0.2) is 0 Å². The number of likely N-dealkylation sites (tertiary alicyclic amines) is 1. The van der Waals surface area contributed by atoms with Gasteiger partial charge in [-0.15, -0.1) is 6.58 Å². The molecule has 1 N–H and O–H groups in total. The zero-order valence-electron chi connectivity index (χ0n) is 24.2. The first-order valence-electron chi connectivity index (χ1n) is 14.7. The molecule has 3 fully saturated rings. The summed E-state index contributed by atoms with van der Waals surface area (Å²) in [7, 11) is 0. The van der Waals surface area contributed by atoms with Crippen molar-refractivity contribution >= 4 is 17.8 Å². The molecule has 0 aromatic heterocycles. The normalized spacial score (nSPS) is 28.3. The minimum Gasteiger partial charge on any atom is -0.461 e. The number of ether oxygens (including phenoxy) is 2. The van der Waals surface area contributed by atoms with Gasteiger partial charge in [-0.2, -0.15) is 0 Å². The second-order valence-electron chi connectivity index (χ2n) is 11.5. The molecule has 3 saturated heterocycles. The van der Waals surface area contributed by atoms with Gasteiger partial charge >= 0.3 is 5.97 Å². The van der Waals surface area contributed by atoms with E-state index in [-0.39, 0.29) is 31.6 Å². The highest BCUT2D eigenvalue weighted by Gasteiger charge is 2.79. The minimum absolute atomic E-state index is 0.0204. The third kappa shape index (κ3) is 4.96. The van der Waals surface area contributed by atoms with E-state index in [1.807, 2.05) is 67.6 Å². The van der Waals surface area contributed by atoms with E-state index in [9.17, 15) is 19.5 Å². The lowest BCUT2D eigenvalue weighted by Gasteiger charge is -2.39. The number of nitrogens with zero attached hydrogens (tertiary/aromatic N) is 2. The van der Waals surface area contributed by atoms with Crippen molar-refractivity contribution in [2.45, 2.75) is 62.4 Å². The molecule has 2 amide bonds. The number of rotatable bonds is 13. The second-order valence-corrected chi connectivity index (χ2v) is 11.5. The van der Waals surface area contributed by atoms with Crippen molar-refractivity contribution in [2.24, 2.45) is 11.8 Å². The van der Waals surface area contributed by atoms with Crippen molar-refractivity contribution in [3.63, 3.8) is 0 Å². The summed E-state index contributed by atoms with van der Waals surface area (Å²) in [5.74, 6) is -2.91. The van der Waals surface area contributed by atoms with Crippen molar-refractivity contribution in [3.05, 3.63) is 97.1 Å². The molecule has 2 aromatic rings. The summed E-state index contributed by atoms with van der Waals surface area (Å²) in [6.45, 7) is 9.72. The van der Waals surface area contributed by atoms with E-state index in [0.717, 1.165) is 11.1 Å². The van der Waals surface area contributed by atoms with Crippen molar-refractivity contribution in [2.75, 3.05) is 19.8 Å². The number of amides is 2. The maximum atomic E-state index is 14.7. The van der Waals surface area contributed by atoms with Crippen molar-refractivity contribution < 1.29 is 29.0 Å². The number of aliphatic hydroxyl groups is 1. The topological polar surface area (TPSA) is 96.4 Å². The van der Waals surface area contributed by atoms with E-state index < -0.39 is 41.1 Å². The molecule has 3 aliphatic heterocycles. The Morgan fingerprint density at radius 1 is 1.10 bits per heavy atom. The third-order valence-electron chi connectivity index (χ3n) is 9.25. The molecular formula is C34H40N2O6. The molecule has 0 aliphatic carbocycles. The van der Waals surface area contributed by atoms with Crippen LogP contribution in [0.15, 0.2) is 86.0 Å². The molecule has 2 unspecified atom stereocenters. The predicted octanol–water partition coefficient (Wildman–Crippen LogP) is 3.69. The molecule has 8 nitrogen and oxygen atoms in total. The lowest BCUT2D eigenvalue weighted by Crippen LogP contribution is -2.59. The van der Waals surface area contributed by atoms with Gasteiger partial charge in [0.25, 0.3) is 0 Å². The Morgan fingerprint density at radius 3 is 2.36 bits per heavy atom. The van der Waals surface area contributed by atoms with Gasteiger partial charge in [-0.1, -0.05) is 86.3 Å². The molecular weight excluding hydrogens is 532 g/mol. The molecule has 1 spiro atoms. The first-order valence-corrected chi connectivity index (χ1v) is 14.7. The molecule has 222 valence electrons. The lowest BCUT2D eigenvalue weighted by atomic mass is 9.65. The Bertz CT molecular complexity index is 1320. The van der Waals surface area contributed by atoms with Crippen LogP contribution in [0.1, 0.15) is 37.3 Å². The Morgan fingerprint density at radius 2 is 1.76 bits per heavy atom. The Hall–Kier alpha value is -3.75. The highest BCUT2D eigenvalue weighted by atomic mass is 16.6. The Labute approximate surface area is 247 Å². The maximum absolute atomic E-state index is 14.7. The van der Waals surface area contributed by atoms with Gasteiger partial charge in [-0.05, 0) is 36.8 Å². The smallest absolute Gasteiger partial charge is 0.313 e. The highest BCUT2D eigenvalue weighted by molar-refractivity contribution is 5.98. The first-order chi connectivity index (χ1) is 20.4. The number of benzene rings is 2. The van der Waals surface area contributed by atoms with Crippen LogP contribution in [0.4, 0.5) is 0 Å². The van der Waals surface area contributed by atoms with Crippen LogP contribution in [-0.2, 0) is 36.8 Å². The molecule has 2 aromatic carbocycles. The van der Waals surface area contributed by atoms with Gasteiger partial charge in [-0.3, -0.25) is 14.4 Å². The minimum atomic E-state index is -1.22. The fourth-order valence-corrected chi connectivity index (χ4v) is 7.42. The summed E-state index contributed by atoms with van der Waals surface area (Å²) in [6, 6.07) is 17.5. The van der Waals surface area contributed by atoms with Crippen LogP contribution in [0.3, 0.4) is 0 Å². The Kier molecular flexibility index (Phi) is 8.66. The summed E-state index contributed by atoms with van der Waals surface area (Å²) in [5.41, 5.74) is -0.259. The average molecular weight is 573 g/mol. The van der Waals surface area contributed by atoms with E-state index in [4.69, 9.17) is 9.47 Å². The molecule has 0 saturated carbocycles. The zero-order chi connectivity index (χ0) is 29.9. The third-order valence-corrected chi connectivity index (χ3v) is 9.25. The van der Waals surface area contributed by atoms with Crippen molar-refractivity contribution in [3.8, 4) is 0 Å². The number of esters is 1. The quantitative estimate of drug-likeness (QED) is 0.291. The van der Waals surface area contributed by atoms with Crippen LogP contribution >= 0.6 is 0 Å². The van der Waals surface area contributed by atoms with Crippen LogP contribution in [0.2, 0.25) is 0 Å². The predicted molar refractivity (Wildman–Crippen MR) is 158 cm³/mol. The van der Waals surface area contributed by atoms with Gasteiger partial charge in [0.2, 0.25) is 11.8 Å². The molecule has 5 rings (SSSR count). The molecule has 2 bridgehead atoms. The lowest BCUT2D eigenvalue weighted by molar-refractivity contribution is -0.163. The maximum Gasteiger partial charge on any atom is 0.313 e.